The van der Waals surface area contributed by atoms with Gasteiger partial charge in [-0.2, -0.15) is 0 Å². The van der Waals surface area contributed by atoms with Crippen LogP contribution in [0.4, 0.5) is 0 Å². The highest BCUT2D eigenvalue weighted by atomic mass is 16.6. The standard InChI is InChI=1S/C27H36O6/c1-16(2)27-15-21(31-25(30)18(4)28)26(5,33-27)20-13-11-17(3)23(20)24(27)32-22(29)14-12-19-9-7-6-8-10-19/h6-10,12,14,16-18,20-21,23-24,28H,11,13,15H2,1-5H3/t17-,18-,20-,21-,23-,24?,26+,27?/m1/s1. The molecule has 8 atom stereocenters. The number of carbonyl (C=O) groups excluding carboxylic acids is 2. The number of esters is 2. The minimum absolute atomic E-state index is 0.0386. The summed E-state index contributed by atoms with van der Waals surface area (Å²) in [5, 5.41) is 9.74. The number of rotatable bonds is 6. The lowest BCUT2D eigenvalue weighted by Crippen LogP contribution is -2.62. The zero-order valence-corrected chi connectivity index (χ0v) is 20.2. The first-order valence-electron chi connectivity index (χ1n) is 12.1. The molecule has 3 fully saturated rings. The van der Waals surface area contributed by atoms with Gasteiger partial charge in [0.25, 0.3) is 0 Å². The van der Waals surface area contributed by atoms with Crippen LogP contribution in [0.3, 0.4) is 0 Å². The molecule has 0 amide bonds. The van der Waals surface area contributed by atoms with Crippen LogP contribution >= 0.6 is 0 Å². The number of hydrogen-bond acceptors (Lipinski definition) is 6. The number of carbonyl (C=O) groups is 2. The molecule has 6 heteroatoms. The van der Waals surface area contributed by atoms with Crippen LogP contribution in [0.5, 0.6) is 0 Å². The van der Waals surface area contributed by atoms with Crippen molar-refractivity contribution in [3.8, 4) is 0 Å². The lowest BCUT2D eigenvalue weighted by molar-refractivity contribution is -0.265. The Hall–Kier alpha value is -2.18. The molecule has 0 spiro atoms. The largest absolute Gasteiger partial charge is 0.457 e. The number of fused-ring (bicyclic) bond motifs is 4. The fourth-order valence-electron chi connectivity index (χ4n) is 6.38. The van der Waals surface area contributed by atoms with E-state index in [9.17, 15) is 14.7 Å². The van der Waals surface area contributed by atoms with Crippen LogP contribution in [-0.2, 0) is 23.8 Å². The summed E-state index contributed by atoms with van der Waals surface area (Å²) in [6.45, 7) is 9.79. The van der Waals surface area contributed by atoms with Gasteiger partial charge in [0.15, 0.2) is 0 Å². The summed E-state index contributed by atoms with van der Waals surface area (Å²) in [5.41, 5.74) is -0.500. The highest BCUT2D eigenvalue weighted by Gasteiger charge is 2.72. The molecule has 1 aromatic carbocycles. The molecule has 3 aliphatic rings. The third-order valence-electron chi connectivity index (χ3n) is 8.21. The Morgan fingerprint density at radius 3 is 2.48 bits per heavy atom. The Kier molecular flexibility index (Phi) is 6.45. The van der Waals surface area contributed by atoms with Crippen LogP contribution in [-0.4, -0.2) is 46.6 Å². The topological polar surface area (TPSA) is 82.1 Å². The van der Waals surface area contributed by atoms with E-state index in [-0.39, 0.29) is 17.8 Å². The quantitative estimate of drug-likeness (QED) is 0.511. The van der Waals surface area contributed by atoms with Crippen LogP contribution in [0.25, 0.3) is 6.08 Å². The maximum Gasteiger partial charge on any atom is 0.335 e. The fourth-order valence-corrected chi connectivity index (χ4v) is 6.38. The van der Waals surface area contributed by atoms with Gasteiger partial charge in [-0.15, -0.1) is 0 Å². The zero-order chi connectivity index (χ0) is 24.0. The minimum atomic E-state index is -1.20. The van der Waals surface area contributed by atoms with Gasteiger partial charge < -0.3 is 19.3 Å². The molecule has 1 N–H and O–H groups in total. The maximum atomic E-state index is 13.0. The lowest BCUT2D eigenvalue weighted by Gasteiger charge is -2.52. The average molecular weight is 457 g/mol. The minimum Gasteiger partial charge on any atom is -0.457 e. The van der Waals surface area contributed by atoms with E-state index in [4.69, 9.17) is 14.2 Å². The second kappa shape index (κ2) is 8.88. The smallest absolute Gasteiger partial charge is 0.335 e. The molecule has 0 aromatic heterocycles. The number of benzene rings is 1. The van der Waals surface area contributed by atoms with Gasteiger partial charge in [0.1, 0.15) is 29.5 Å². The van der Waals surface area contributed by atoms with E-state index in [0.29, 0.717) is 12.3 Å². The van der Waals surface area contributed by atoms with Crippen molar-refractivity contribution in [1.82, 2.24) is 0 Å². The monoisotopic (exact) mass is 456 g/mol. The van der Waals surface area contributed by atoms with Crippen molar-refractivity contribution >= 4 is 18.0 Å². The van der Waals surface area contributed by atoms with E-state index in [1.807, 2.05) is 37.3 Å². The predicted molar refractivity (Wildman–Crippen MR) is 124 cm³/mol. The first-order chi connectivity index (χ1) is 15.6. The van der Waals surface area contributed by atoms with Gasteiger partial charge in [0.05, 0.1) is 0 Å². The van der Waals surface area contributed by atoms with Crippen LogP contribution < -0.4 is 0 Å². The Bertz CT molecular complexity index is 908. The van der Waals surface area contributed by atoms with Gasteiger partial charge in [0, 0.05) is 18.4 Å². The first-order valence-corrected chi connectivity index (χ1v) is 12.1. The number of aliphatic hydroxyl groups is 1. The molecule has 180 valence electrons. The highest BCUT2D eigenvalue weighted by molar-refractivity contribution is 5.87. The molecule has 4 rings (SSSR count). The molecule has 2 saturated heterocycles. The van der Waals surface area contributed by atoms with Gasteiger partial charge in [-0.25, -0.2) is 9.59 Å². The number of aliphatic hydroxyl groups excluding tert-OH is 1. The summed E-state index contributed by atoms with van der Waals surface area (Å²) < 4.78 is 18.8. The van der Waals surface area contributed by atoms with Crippen molar-refractivity contribution in [1.29, 1.82) is 0 Å². The van der Waals surface area contributed by atoms with Crippen LogP contribution in [0.2, 0.25) is 0 Å². The molecule has 6 nitrogen and oxygen atoms in total. The Labute approximate surface area is 196 Å². The van der Waals surface area contributed by atoms with Gasteiger partial charge in [-0.3, -0.25) is 0 Å². The Morgan fingerprint density at radius 1 is 1.15 bits per heavy atom. The molecule has 0 radical (unpaired) electrons. The second-order valence-corrected chi connectivity index (χ2v) is 10.5. The SMILES string of the molecule is CC(C)C12C[C@@H](OC(=O)[C@@H](C)O)[C@@](C)(O1)[C@@H]1CC[C@@H](C)[C@H]1C2OC(=O)C=Cc1ccccc1. The normalized spacial score (nSPS) is 38.3. The van der Waals surface area contributed by atoms with Crippen molar-refractivity contribution in [2.45, 2.75) is 83.4 Å². The summed E-state index contributed by atoms with van der Waals surface area (Å²) >= 11 is 0. The van der Waals surface area contributed by atoms with Crippen molar-refractivity contribution < 1.29 is 28.9 Å². The summed E-state index contributed by atoms with van der Waals surface area (Å²) in [5.74, 6) is -0.410. The molecular weight excluding hydrogens is 420 g/mol. The van der Waals surface area contributed by atoms with Gasteiger partial charge in [-0.05, 0) is 56.1 Å². The molecule has 2 heterocycles. The van der Waals surface area contributed by atoms with E-state index in [1.54, 1.807) is 6.08 Å². The van der Waals surface area contributed by atoms with Crippen LogP contribution in [0.1, 0.15) is 59.4 Å². The number of hydrogen-bond donors (Lipinski definition) is 1. The van der Waals surface area contributed by atoms with Crippen molar-refractivity contribution in [2.75, 3.05) is 0 Å². The van der Waals surface area contributed by atoms with Crippen molar-refractivity contribution in [3.63, 3.8) is 0 Å². The van der Waals surface area contributed by atoms with E-state index < -0.39 is 41.5 Å². The third-order valence-corrected chi connectivity index (χ3v) is 8.21. The first kappa shape index (κ1) is 24.0. The molecule has 2 bridgehead atoms. The van der Waals surface area contributed by atoms with E-state index in [1.165, 1.54) is 13.0 Å². The van der Waals surface area contributed by atoms with Crippen molar-refractivity contribution in [2.24, 2.45) is 23.7 Å². The van der Waals surface area contributed by atoms with Gasteiger partial charge in [0.2, 0.25) is 0 Å². The van der Waals surface area contributed by atoms with Gasteiger partial charge >= 0.3 is 11.9 Å². The molecular formula is C27H36O6. The van der Waals surface area contributed by atoms with E-state index in [2.05, 4.69) is 20.8 Å². The molecule has 1 aliphatic carbocycles. The summed E-state index contributed by atoms with van der Waals surface area (Å²) in [6.07, 6.45) is 3.49. The number of ether oxygens (including phenoxy) is 3. The molecule has 2 aliphatic heterocycles. The lowest BCUT2D eigenvalue weighted by atomic mass is 9.69. The molecule has 1 aromatic rings. The van der Waals surface area contributed by atoms with E-state index in [0.717, 1.165) is 18.4 Å². The van der Waals surface area contributed by atoms with Crippen molar-refractivity contribution in [3.05, 3.63) is 42.0 Å². The Morgan fingerprint density at radius 2 is 1.85 bits per heavy atom. The molecule has 1 saturated carbocycles. The third kappa shape index (κ3) is 4.12. The van der Waals surface area contributed by atoms with E-state index >= 15 is 0 Å². The average Bonchev–Trinajstić information content (AvgIpc) is 3.28. The van der Waals surface area contributed by atoms with Crippen LogP contribution in [0.15, 0.2) is 36.4 Å². The highest BCUT2D eigenvalue weighted by Crippen LogP contribution is 2.63. The summed E-state index contributed by atoms with van der Waals surface area (Å²) in [4.78, 5) is 25.3. The Balaban J connectivity index is 1.65. The molecule has 2 unspecified atom stereocenters. The van der Waals surface area contributed by atoms with Crippen LogP contribution in [0, 0.1) is 23.7 Å². The zero-order valence-electron chi connectivity index (χ0n) is 20.2. The maximum absolute atomic E-state index is 13.0. The predicted octanol–water partition coefficient (Wildman–Crippen LogP) is 4.15. The summed E-state index contributed by atoms with van der Waals surface area (Å²) in [6, 6.07) is 9.64. The second-order valence-electron chi connectivity index (χ2n) is 10.5. The van der Waals surface area contributed by atoms with Gasteiger partial charge in [-0.1, -0.05) is 51.1 Å². The summed E-state index contributed by atoms with van der Waals surface area (Å²) in [7, 11) is 0. The fraction of sp³-hybridized carbons (Fsp3) is 0.630. The molecule has 33 heavy (non-hydrogen) atoms.